The summed E-state index contributed by atoms with van der Waals surface area (Å²) in [6.07, 6.45) is 0. The van der Waals surface area contributed by atoms with E-state index in [0.717, 1.165) is 16.9 Å². The van der Waals surface area contributed by atoms with Crippen molar-refractivity contribution in [1.82, 2.24) is 0 Å². The third-order valence-electron chi connectivity index (χ3n) is 2.57. The van der Waals surface area contributed by atoms with Crippen LogP contribution in [0.25, 0.3) is 0 Å². The van der Waals surface area contributed by atoms with Crippen molar-refractivity contribution < 1.29 is 9.84 Å². The van der Waals surface area contributed by atoms with Crippen molar-refractivity contribution in [1.29, 1.82) is 0 Å². The fourth-order valence-corrected chi connectivity index (χ4v) is 1.66. The summed E-state index contributed by atoms with van der Waals surface area (Å²) >= 11 is 5.84. The van der Waals surface area contributed by atoms with Crippen LogP contribution in [0.3, 0.4) is 0 Å². The van der Waals surface area contributed by atoms with E-state index in [1.807, 2.05) is 30.3 Å². The molecule has 3 nitrogen and oxygen atoms in total. The van der Waals surface area contributed by atoms with Crippen LogP contribution in [-0.2, 0) is 13.2 Å². The number of nitrogens with two attached hydrogens (primary N) is 1. The lowest BCUT2D eigenvalue weighted by Crippen LogP contribution is -1.97. The minimum absolute atomic E-state index is 0.0357. The van der Waals surface area contributed by atoms with Crippen LogP contribution in [0, 0.1) is 0 Å². The number of ether oxygens (including phenoxy) is 1. The van der Waals surface area contributed by atoms with Crippen LogP contribution >= 0.6 is 11.6 Å². The summed E-state index contributed by atoms with van der Waals surface area (Å²) in [5.74, 6) is 0.751. The first-order chi connectivity index (χ1) is 8.69. The smallest absolute Gasteiger partial charge is 0.119 e. The van der Waals surface area contributed by atoms with E-state index in [-0.39, 0.29) is 6.61 Å². The first-order valence-corrected chi connectivity index (χ1v) is 5.93. The molecule has 0 heterocycles. The van der Waals surface area contributed by atoms with Gasteiger partial charge >= 0.3 is 0 Å². The van der Waals surface area contributed by atoms with Gasteiger partial charge in [0, 0.05) is 0 Å². The zero-order valence-corrected chi connectivity index (χ0v) is 10.5. The van der Waals surface area contributed by atoms with E-state index in [1.54, 1.807) is 12.1 Å². The first-order valence-electron chi connectivity index (χ1n) is 5.55. The normalized spacial score (nSPS) is 10.3. The quantitative estimate of drug-likeness (QED) is 0.834. The Morgan fingerprint density at radius 2 is 1.72 bits per heavy atom. The van der Waals surface area contributed by atoms with E-state index in [2.05, 4.69) is 0 Å². The van der Waals surface area contributed by atoms with Crippen molar-refractivity contribution in [3.8, 4) is 5.75 Å². The number of aliphatic hydroxyl groups excluding tert-OH is 1. The van der Waals surface area contributed by atoms with E-state index in [1.165, 1.54) is 0 Å². The Morgan fingerprint density at radius 1 is 1.06 bits per heavy atom. The fourth-order valence-electron chi connectivity index (χ4n) is 1.54. The number of hydrogen-bond acceptors (Lipinski definition) is 3. The van der Waals surface area contributed by atoms with Gasteiger partial charge in [-0.2, -0.15) is 0 Å². The lowest BCUT2D eigenvalue weighted by Gasteiger charge is -2.08. The molecule has 18 heavy (non-hydrogen) atoms. The SMILES string of the molecule is Nc1cc(COc2ccc(CO)cc2)ccc1Cl. The van der Waals surface area contributed by atoms with Gasteiger partial charge < -0.3 is 15.6 Å². The largest absolute Gasteiger partial charge is 0.489 e. The van der Waals surface area contributed by atoms with Gasteiger partial charge in [0.25, 0.3) is 0 Å². The maximum Gasteiger partial charge on any atom is 0.119 e. The minimum atomic E-state index is 0.0357. The van der Waals surface area contributed by atoms with Gasteiger partial charge in [-0.3, -0.25) is 0 Å². The van der Waals surface area contributed by atoms with Crippen molar-refractivity contribution in [2.75, 3.05) is 5.73 Å². The van der Waals surface area contributed by atoms with E-state index < -0.39 is 0 Å². The molecule has 0 aliphatic carbocycles. The molecule has 2 aromatic rings. The maximum absolute atomic E-state index is 8.93. The standard InChI is InChI=1S/C14H14ClNO2/c15-13-6-3-11(7-14(13)16)9-18-12-4-1-10(8-17)2-5-12/h1-7,17H,8-9,16H2. The summed E-state index contributed by atoms with van der Waals surface area (Å²) in [4.78, 5) is 0. The van der Waals surface area contributed by atoms with Gasteiger partial charge in [0.1, 0.15) is 12.4 Å². The number of benzene rings is 2. The molecule has 0 bridgehead atoms. The molecule has 4 heteroatoms. The molecule has 0 aromatic heterocycles. The predicted molar refractivity (Wildman–Crippen MR) is 72.6 cm³/mol. The van der Waals surface area contributed by atoms with E-state index in [0.29, 0.717) is 17.3 Å². The molecule has 2 aromatic carbocycles. The summed E-state index contributed by atoms with van der Waals surface area (Å²) < 4.78 is 5.61. The molecule has 0 atom stereocenters. The number of halogens is 1. The first kappa shape index (κ1) is 12.7. The zero-order chi connectivity index (χ0) is 13.0. The van der Waals surface area contributed by atoms with E-state index in [9.17, 15) is 0 Å². The summed E-state index contributed by atoms with van der Waals surface area (Å²) in [7, 11) is 0. The highest BCUT2D eigenvalue weighted by Gasteiger charge is 2.00. The lowest BCUT2D eigenvalue weighted by molar-refractivity contribution is 0.280. The predicted octanol–water partition coefficient (Wildman–Crippen LogP) is 2.99. The third-order valence-corrected chi connectivity index (χ3v) is 2.92. The van der Waals surface area contributed by atoms with E-state index in [4.69, 9.17) is 27.2 Å². The van der Waals surface area contributed by atoms with Crippen molar-refractivity contribution in [3.63, 3.8) is 0 Å². The second-order valence-electron chi connectivity index (χ2n) is 3.95. The number of rotatable bonds is 4. The Hall–Kier alpha value is -1.71. The van der Waals surface area contributed by atoms with Gasteiger partial charge in [0.15, 0.2) is 0 Å². The average molecular weight is 264 g/mol. The molecule has 0 amide bonds. The Morgan fingerprint density at radius 3 is 2.33 bits per heavy atom. The van der Waals surface area contributed by atoms with Crippen molar-refractivity contribution in [2.45, 2.75) is 13.2 Å². The summed E-state index contributed by atoms with van der Waals surface area (Å²) in [5, 5.41) is 9.47. The third kappa shape index (κ3) is 3.15. The lowest BCUT2D eigenvalue weighted by atomic mass is 10.2. The zero-order valence-electron chi connectivity index (χ0n) is 9.77. The van der Waals surface area contributed by atoms with Crippen LogP contribution in [0.2, 0.25) is 5.02 Å². The Labute approximate surface area is 111 Å². The number of anilines is 1. The Balaban J connectivity index is 1.99. The molecule has 3 N–H and O–H groups in total. The molecule has 0 unspecified atom stereocenters. The second kappa shape index (κ2) is 5.76. The monoisotopic (exact) mass is 263 g/mol. The van der Waals surface area contributed by atoms with Crippen LogP contribution in [0.5, 0.6) is 5.75 Å². The number of nitrogen functional groups attached to an aromatic ring is 1. The number of hydrogen-bond donors (Lipinski definition) is 2. The minimum Gasteiger partial charge on any atom is -0.489 e. The van der Waals surface area contributed by atoms with Gasteiger partial charge in [-0.05, 0) is 35.4 Å². The fraction of sp³-hybridized carbons (Fsp3) is 0.143. The number of aliphatic hydroxyl groups is 1. The molecule has 0 saturated carbocycles. The summed E-state index contributed by atoms with van der Waals surface area (Å²) in [6.45, 7) is 0.466. The highest BCUT2D eigenvalue weighted by molar-refractivity contribution is 6.33. The van der Waals surface area contributed by atoms with E-state index >= 15 is 0 Å². The van der Waals surface area contributed by atoms with Crippen LogP contribution in [-0.4, -0.2) is 5.11 Å². The molecule has 0 aliphatic rings. The van der Waals surface area contributed by atoms with Crippen LogP contribution in [0.1, 0.15) is 11.1 Å². The molecule has 94 valence electrons. The molecule has 0 aliphatic heterocycles. The molecule has 2 rings (SSSR count). The van der Waals surface area contributed by atoms with Gasteiger partial charge in [0.05, 0.1) is 17.3 Å². The van der Waals surface area contributed by atoms with Crippen LogP contribution in [0.15, 0.2) is 42.5 Å². The second-order valence-corrected chi connectivity index (χ2v) is 4.35. The summed E-state index contributed by atoms with van der Waals surface area (Å²) in [6, 6.07) is 12.7. The average Bonchev–Trinajstić information content (AvgIpc) is 2.41. The Bertz CT molecular complexity index is 526. The topological polar surface area (TPSA) is 55.5 Å². The Kier molecular flexibility index (Phi) is 4.07. The highest BCUT2D eigenvalue weighted by atomic mass is 35.5. The van der Waals surface area contributed by atoms with Crippen molar-refractivity contribution >= 4 is 17.3 Å². The van der Waals surface area contributed by atoms with Crippen molar-refractivity contribution in [2.24, 2.45) is 0 Å². The van der Waals surface area contributed by atoms with Gasteiger partial charge in [-0.1, -0.05) is 29.8 Å². The maximum atomic E-state index is 8.93. The van der Waals surface area contributed by atoms with Crippen molar-refractivity contribution in [3.05, 3.63) is 58.6 Å². The molecule has 0 spiro atoms. The van der Waals surface area contributed by atoms with Crippen LogP contribution in [0.4, 0.5) is 5.69 Å². The molecule has 0 fully saturated rings. The van der Waals surface area contributed by atoms with Gasteiger partial charge in [-0.25, -0.2) is 0 Å². The molecule has 0 saturated heterocycles. The van der Waals surface area contributed by atoms with Crippen LogP contribution < -0.4 is 10.5 Å². The van der Waals surface area contributed by atoms with Gasteiger partial charge in [-0.15, -0.1) is 0 Å². The molecular formula is C14H14ClNO2. The molecular weight excluding hydrogens is 250 g/mol. The van der Waals surface area contributed by atoms with Gasteiger partial charge in [0.2, 0.25) is 0 Å². The highest BCUT2D eigenvalue weighted by Crippen LogP contribution is 2.21. The molecule has 0 radical (unpaired) electrons. The summed E-state index contributed by atoms with van der Waals surface area (Å²) in [5.41, 5.74) is 8.08.